The first-order valence-electron chi connectivity index (χ1n) is 8.53. The fourth-order valence-corrected chi connectivity index (χ4v) is 4.50. The molecule has 0 saturated heterocycles. The third kappa shape index (κ3) is 4.07. The minimum atomic E-state index is -3.82. The Morgan fingerprint density at radius 2 is 2.11 bits per heavy atom. The minimum Gasteiger partial charge on any atom is -0.383 e. The molecule has 0 spiro atoms. The fourth-order valence-electron chi connectivity index (χ4n) is 2.79. The van der Waals surface area contributed by atoms with Gasteiger partial charge in [0.15, 0.2) is 10.5 Å². The maximum absolute atomic E-state index is 12.6. The summed E-state index contributed by atoms with van der Waals surface area (Å²) in [5.74, 6) is -0.459. The molecule has 0 bridgehead atoms. The number of fused-ring (bicyclic) bond motifs is 1. The third-order valence-corrected chi connectivity index (χ3v) is 6.15. The van der Waals surface area contributed by atoms with Crippen LogP contribution in [0.2, 0.25) is 0 Å². The fraction of sp³-hybridized carbons (Fsp3) is 0.353. The average molecular weight is 424 g/mol. The van der Waals surface area contributed by atoms with Crippen molar-refractivity contribution in [2.24, 2.45) is 10.1 Å². The number of aromatic nitrogens is 3. The molecule has 28 heavy (non-hydrogen) atoms. The van der Waals surface area contributed by atoms with E-state index < -0.39 is 15.9 Å². The van der Waals surface area contributed by atoms with Gasteiger partial charge >= 0.3 is 0 Å². The number of aryl methyl sites for hydroxylation is 2. The van der Waals surface area contributed by atoms with Gasteiger partial charge in [0.25, 0.3) is 5.91 Å². The molecule has 3 rings (SSSR count). The van der Waals surface area contributed by atoms with Gasteiger partial charge in [-0.25, -0.2) is 13.6 Å². The standard InChI is InChI=1S/C17H21N5O4S2/c1-4-22-11(2)9-13(20-22)16(23)19-17-21(7-8-26-3)14-6-5-12(28(18,24)25)10-15(14)27-17/h5-6,9-10H,4,7-8H2,1-3H3,(H2,18,24,25). The number of benzene rings is 1. The summed E-state index contributed by atoms with van der Waals surface area (Å²) in [6.07, 6.45) is 0. The van der Waals surface area contributed by atoms with Gasteiger partial charge in [-0.3, -0.25) is 9.48 Å². The second-order valence-electron chi connectivity index (χ2n) is 6.11. The van der Waals surface area contributed by atoms with Crippen LogP contribution in [-0.4, -0.2) is 42.4 Å². The number of primary sulfonamides is 1. The summed E-state index contributed by atoms with van der Waals surface area (Å²) >= 11 is 1.21. The number of hydrogen-bond donors (Lipinski definition) is 1. The Hall–Kier alpha value is -2.34. The number of carbonyl (C=O) groups is 1. The smallest absolute Gasteiger partial charge is 0.300 e. The lowest BCUT2D eigenvalue weighted by Gasteiger charge is -2.04. The molecule has 0 aliphatic rings. The Bertz CT molecular complexity index is 1200. The third-order valence-electron chi connectivity index (χ3n) is 4.20. The Kier molecular flexibility index (Phi) is 5.79. The average Bonchev–Trinajstić information content (AvgIpc) is 3.18. The van der Waals surface area contributed by atoms with Crippen LogP contribution in [-0.2, 0) is 27.8 Å². The van der Waals surface area contributed by atoms with Gasteiger partial charge in [-0.15, -0.1) is 0 Å². The molecule has 0 unspecified atom stereocenters. The van der Waals surface area contributed by atoms with Crippen molar-refractivity contribution in [3.8, 4) is 0 Å². The zero-order chi connectivity index (χ0) is 20.5. The van der Waals surface area contributed by atoms with E-state index in [0.717, 1.165) is 11.2 Å². The Morgan fingerprint density at radius 3 is 2.71 bits per heavy atom. The Morgan fingerprint density at radius 1 is 1.36 bits per heavy atom. The zero-order valence-corrected chi connectivity index (χ0v) is 17.4. The van der Waals surface area contributed by atoms with Crippen LogP contribution in [0, 0.1) is 6.92 Å². The molecule has 0 aliphatic heterocycles. The molecule has 1 amide bonds. The molecule has 1 aromatic carbocycles. The highest BCUT2D eigenvalue weighted by molar-refractivity contribution is 7.89. The second kappa shape index (κ2) is 7.95. The van der Waals surface area contributed by atoms with E-state index in [-0.39, 0.29) is 10.6 Å². The van der Waals surface area contributed by atoms with Crippen molar-refractivity contribution >= 4 is 37.5 Å². The number of methoxy groups -OCH3 is 1. The number of thiazole rings is 1. The van der Waals surface area contributed by atoms with Gasteiger partial charge in [-0.1, -0.05) is 11.3 Å². The molecular weight excluding hydrogens is 402 g/mol. The van der Waals surface area contributed by atoms with Gasteiger partial charge in [0, 0.05) is 25.9 Å². The summed E-state index contributed by atoms with van der Waals surface area (Å²) in [6.45, 7) is 5.35. The molecule has 3 aromatic rings. The van der Waals surface area contributed by atoms with E-state index in [1.807, 2.05) is 18.4 Å². The number of amides is 1. The van der Waals surface area contributed by atoms with Gasteiger partial charge in [-0.2, -0.15) is 10.1 Å². The summed E-state index contributed by atoms with van der Waals surface area (Å²) in [5.41, 5.74) is 1.89. The van der Waals surface area contributed by atoms with Crippen molar-refractivity contribution in [3.63, 3.8) is 0 Å². The number of nitrogens with two attached hydrogens (primary N) is 1. The minimum absolute atomic E-state index is 0.00957. The molecule has 150 valence electrons. The number of ether oxygens (including phenoxy) is 1. The summed E-state index contributed by atoms with van der Waals surface area (Å²) in [6, 6.07) is 6.27. The lowest BCUT2D eigenvalue weighted by atomic mass is 10.3. The highest BCUT2D eigenvalue weighted by Crippen LogP contribution is 2.21. The van der Waals surface area contributed by atoms with E-state index in [9.17, 15) is 13.2 Å². The summed E-state index contributed by atoms with van der Waals surface area (Å²) < 4.78 is 32.6. The first kappa shape index (κ1) is 20.4. The molecule has 2 N–H and O–H groups in total. The van der Waals surface area contributed by atoms with Crippen molar-refractivity contribution in [2.75, 3.05) is 13.7 Å². The van der Waals surface area contributed by atoms with Crippen molar-refractivity contribution in [1.29, 1.82) is 0 Å². The number of carbonyl (C=O) groups excluding carboxylic acids is 1. The summed E-state index contributed by atoms with van der Waals surface area (Å²) in [5, 5.41) is 9.49. The molecule has 2 aromatic heterocycles. The number of nitrogens with zero attached hydrogens (tertiary/aromatic N) is 4. The van der Waals surface area contributed by atoms with Gasteiger partial charge in [-0.05, 0) is 38.1 Å². The van der Waals surface area contributed by atoms with Crippen LogP contribution in [0.4, 0.5) is 0 Å². The van der Waals surface area contributed by atoms with E-state index in [1.54, 1.807) is 23.9 Å². The molecule has 0 radical (unpaired) electrons. The van der Waals surface area contributed by atoms with Gasteiger partial charge in [0.2, 0.25) is 10.0 Å². The maximum atomic E-state index is 12.6. The quantitative estimate of drug-likeness (QED) is 0.640. The maximum Gasteiger partial charge on any atom is 0.300 e. The van der Waals surface area contributed by atoms with Crippen LogP contribution in [0.25, 0.3) is 10.2 Å². The van der Waals surface area contributed by atoms with Crippen LogP contribution in [0.5, 0.6) is 0 Å². The SMILES string of the molecule is CCn1nc(C(=O)N=c2sc3cc(S(N)(=O)=O)ccc3n2CCOC)cc1C. The highest BCUT2D eigenvalue weighted by atomic mass is 32.2. The van der Waals surface area contributed by atoms with E-state index in [0.29, 0.717) is 29.2 Å². The number of sulfonamides is 1. The lowest BCUT2D eigenvalue weighted by Crippen LogP contribution is -2.19. The molecule has 0 fully saturated rings. The lowest BCUT2D eigenvalue weighted by molar-refractivity contribution is 0.0992. The zero-order valence-electron chi connectivity index (χ0n) is 15.7. The first-order chi connectivity index (χ1) is 13.2. The van der Waals surface area contributed by atoms with E-state index in [4.69, 9.17) is 9.88 Å². The van der Waals surface area contributed by atoms with E-state index in [1.165, 1.54) is 23.5 Å². The number of hydrogen-bond acceptors (Lipinski definition) is 6. The molecule has 0 saturated carbocycles. The van der Waals surface area contributed by atoms with Crippen LogP contribution in [0.3, 0.4) is 0 Å². The van der Waals surface area contributed by atoms with Crippen molar-refractivity contribution in [3.05, 3.63) is 40.5 Å². The van der Waals surface area contributed by atoms with Gasteiger partial charge < -0.3 is 9.30 Å². The van der Waals surface area contributed by atoms with Crippen molar-refractivity contribution in [1.82, 2.24) is 14.3 Å². The van der Waals surface area contributed by atoms with Crippen molar-refractivity contribution < 1.29 is 17.9 Å². The monoisotopic (exact) mass is 423 g/mol. The Labute approximate surface area is 166 Å². The van der Waals surface area contributed by atoms with Crippen LogP contribution in [0.15, 0.2) is 34.2 Å². The number of rotatable bonds is 6. The summed E-state index contributed by atoms with van der Waals surface area (Å²) in [4.78, 5) is 17.3. The normalized spacial score (nSPS) is 12.8. The molecular formula is C17H21N5O4S2. The summed E-state index contributed by atoms with van der Waals surface area (Å²) in [7, 11) is -2.24. The van der Waals surface area contributed by atoms with Crippen LogP contribution < -0.4 is 9.94 Å². The molecule has 11 heteroatoms. The van der Waals surface area contributed by atoms with Crippen molar-refractivity contribution in [2.45, 2.75) is 31.8 Å². The van der Waals surface area contributed by atoms with Gasteiger partial charge in [0.1, 0.15) is 0 Å². The Balaban J connectivity index is 2.14. The predicted octanol–water partition coefficient (Wildman–Crippen LogP) is 1.26. The molecule has 0 aliphatic carbocycles. The van der Waals surface area contributed by atoms with Crippen LogP contribution in [0.1, 0.15) is 23.1 Å². The van der Waals surface area contributed by atoms with Crippen LogP contribution >= 0.6 is 11.3 Å². The molecule has 2 heterocycles. The highest BCUT2D eigenvalue weighted by Gasteiger charge is 2.15. The van der Waals surface area contributed by atoms with Gasteiger partial charge in [0.05, 0.1) is 21.7 Å². The largest absolute Gasteiger partial charge is 0.383 e. The second-order valence-corrected chi connectivity index (χ2v) is 8.68. The first-order valence-corrected chi connectivity index (χ1v) is 10.9. The molecule has 9 nitrogen and oxygen atoms in total. The van der Waals surface area contributed by atoms with E-state index in [2.05, 4.69) is 10.1 Å². The predicted molar refractivity (Wildman–Crippen MR) is 106 cm³/mol. The van der Waals surface area contributed by atoms with E-state index >= 15 is 0 Å². The topological polar surface area (TPSA) is 122 Å². The molecule has 0 atom stereocenters.